The van der Waals surface area contributed by atoms with Gasteiger partial charge in [0.25, 0.3) is 0 Å². The van der Waals surface area contributed by atoms with E-state index >= 15 is 0 Å². The number of benzene rings is 1. The number of hydrogen-bond acceptors (Lipinski definition) is 4. The molecule has 1 saturated carbocycles. The standard InChI is InChI=1S/C23H27N3S/c1-2-6-21-15-18(13-14-24-21)23-26-22(16-27-23)17-9-11-20(12-10-17)25-19-7-4-3-5-8-19/h9-16,19,25H,2-8H2,1H3. The average Bonchev–Trinajstić information content (AvgIpc) is 3.20. The highest BCUT2D eigenvalue weighted by Crippen LogP contribution is 2.30. The van der Waals surface area contributed by atoms with Gasteiger partial charge in [-0.05, 0) is 43.5 Å². The molecule has 0 unspecified atom stereocenters. The molecule has 4 heteroatoms. The van der Waals surface area contributed by atoms with Crippen LogP contribution in [0.5, 0.6) is 0 Å². The van der Waals surface area contributed by atoms with Crippen molar-refractivity contribution in [1.29, 1.82) is 0 Å². The highest BCUT2D eigenvalue weighted by Gasteiger charge is 2.13. The molecule has 3 nitrogen and oxygen atoms in total. The molecule has 0 radical (unpaired) electrons. The maximum atomic E-state index is 4.87. The van der Waals surface area contributed by atoms with Crippen LogP contribution in [0.2, 0.25) is 0 Å². The quantitative estimate of drug-likeness (QED) is 0.528. The molecular formula is C23H27N3S. The van der Waals surface area contributed by atoms with E-state index in [0.29, 0.717) is 6.04 Å². The van der Waals surface area contributed by atoms with Crippen molar-refractivity contribution in [3.63, 3.8) is 0 Å². The van der Waals surface area contributed by atoms with Crippen LogP contribution in [0.1, 0.15) is 51.1 Å². The van der Waals surface area contributed by atoms with E-state index in [1.807, 2.05) is 6.20 Å². The van der Waals surface area contributed by atoms with Crippen molar-refractivity contribution in [2.24, 2.45) is 0 Å². The van der Waals surface area contributed by atoms with Crippen LogP contribution in [0.25, 0.3) is 21.8 Å². The summed E-state index contributed by atoms with van der Waals surface area (Å²) in [5.74, 6) is 0. The summed E-state index contributed by atoms with van der Waals surface area (Å²) in [5.41, 5.74) is 5.76. The molecule has 1 aliphatic rings. The van der Waals surface area contributed by atoms with Crippen LogP contribution in [0.3, 0.4) is 0 Å². The molecule has 0 aliphatic heterocycles. The van der Waals surface area contributed by atoms with E-state index < -0.39 is 0 Å². The number of aromatic nitrogens is 2. The van der Waals surface area contributed by atoms with Crippen LogP contribution in [-0.4, -0.2) is 16.0 Å². The first-order chi connectivity index (χ1) is 13.3. The molecule has 140 valence electrons. The second-order valence-electron chi connectivity index (χ2n) is 7.38. The summed E-state index contributed by atoms with van der Waals surface area (Å²) < 4.78 is 0. The molecule has 1 fully saturated rings. The van der Waals surface area contributed by atoms with Gasteiger partial charge in [-0.1, -0.05) is 44.7 Å². The Morgan fingerprint density at radius 3 is 2.63 bits per heavy atom. The number of aryl methyl sites for hydroxylation is 1. The lowest BCUT2D eigenvalue weighted by molar-refractivity contribution is 0.463. The van der Waals surface area contributed by atoms with E-state index in [1.165, 1.54) is 48.9 Å². The van der Waals surface area contributed by atoms with Gasteiger partial charge in [0.15, 0.2) is 0 Å². The number of nitrogens with zero attached hydrogens (tertiary/aromatic N) is 2. The fourth-order valence-corrected chi connectivity index (χ4v) is 4.59. The summed E-state index contributed by atoms with van der Waals surface area (Å²) in [5, 5.41) is 6.90. The predicted octanol–water partition coefficient (Wildman–Crippen LogP) is 6.57. The van der Waals surface area contributed by atoms with Gasteiger partial charge in [-0.3, -0.25) is 4.98 Å². The van der Waals surface area contributed by atoms with E-state index in [9.17, 15) is 0 Å². The second kappa shape index (κ2) is 8.66. The Kier molecular flexibility index (Phi) is 5.83. The van der Waals surface area contributed by atoms with Crippen molar-refractivity contribution in [2.45, 2.75) is 57.9 Å². The van der Waals surface area contributed by atoms with E-state index in [0.717, 1.165) is 29.2 Å². The van der Waals surface area contributed by atoms with Crippen molar-refractivity contribution in [3.8, 4) is 21.8 Å². The zero-order chi connectivity index (χ0) is 18.5. The summed E-state index contributed by atoms with van der Waals surface area (Å²) in [6.07, 6.45) is 10.7. The summed E-state index contributed by atoms with van der Waals surface area (Å²) >= 11 is 1.70. The third kappa shape index (κ3) is 4.56. The first kappa shape index (κ1) is 18.2. The number of rotatable bonds is 6. The van der Waals surface area contributed by atoms with Crippen molar-refractivity contribution < 1.29 is 0 Å². The van der Waals surface area contributed by atoms with Gasteiger partial charge in [-0.15, -0.1) is 11.3 Å². The molecule has 1 aliphatic carbocycles. The maximum absolute atomic E-state index is 4.87. The SMILES string of the molecule is CCCc1cc(-c2nc(-c3ccc(NC4CCCCC4)cc3)cs2)ccn1. The normalized spacial score (nSPS) is 15.0. The zero-order valence-electron chi connectivity index (χ0n) is 15.9. The second-order valence-corrected chi connectivity index (χ2v) is 8.24. The fourth-order valence-electron chi connectivity index (χ4n) is 3.76. The van der Waals surface area contributed by atoms with Gasteiger partial charge < -0.3 is 5.32 Å². The van der Waals surface area contributed by atoms with Crippen molar-refractivity contribution in [3.05, 3.63) is 53.7 Å². The van der Waals surface area contributed by atoms with Crippen molar-refractivity contribution in [2.75, 3.05) is 5.32 Å². The van der Waals surface area contributed by atoms with Crippen molar-refractivity contribution >= 4 is 17.0 Å². The summed E-state index contributed by atoms with van der Waals surface area (Å²) in [6.45, 7) is 2.18. The number of thiazole rings is 1. The van der Waals surface area contributed by atoms with Crippen LogP contribution in [0.15, 0.2) is 48.0 Å². The Morgan fingerprint density at radius 2 is 1.85 bits per heavy atom. The minimum atomic E-state index is 0.638. The lowest BCUT2D eigenvalue weighted by Gasteiger charge is -2.23. The molecule has 0 amide bonds. The van der Waals surface area contributed by atoms with Gasteiger partial charge in [0.05, 0.1) is 5.69 Å². The molecule has 0 saturated heterocycles. The molecule has 2 aromatic heterocycles. The van der Waals surface area contributed by atoms with Gasteiger partial charge in [-0.2, -0.15) is 0 Å². The van der Waals surface area contributed by atoms with Gasteiger partial charge >= 0.3 is 0 Å². The van der Waals surface area contributed by atoms with E-state index in [-0.39, 0.29) is 0 Å². The average molecular weight is 378 g/mol. The van der Waals surface area contributed by atoms with Gasteiger partial charge in [0.1, 0.15) is 5.01 Å². The Balaban J connectivity index is 1.47. The number of anilines is 1. The van der Waals surface area contributed by atoms with E-state index in [2.05, 4.69) is 59.0 Å². The number of nitrogens with one attached hydrogen (secondary N) is 1. The molecule has 1 N–H and O–H groups in total. The summed E-state index contributed by atoms with van der Waals surface area (Å²) in [6, 6.07) is 13.6. The van der Waals surface area contributed by atoms with Crippen LogP contribution < -0.4 is 5.32 Å². The lowest BCUT2D eigenvalue weighted by atomic mass is 9.95. The molecule has 4 rings (SSSR count). The van der Waals surface area contributed by atoms with Crippen LogP contribution in [0, 0.1) is 0 Å². The fraction of sp³-hybridized carbons (Fsp3) is 0.391. The Bertz CT molecular complexity index is 863. The molecule has 0 bridgehead atoms. The minimum Gasteiger partial charge on any atom is -0.382 e. The molecule has 2 heterocycles. The highest BCUT2D eigenvalue weighted by molar-refractivity contribution is 7.13. The summed E-state index contributed by atoms with van der Waals surface area (Å²) in [7, 11) is 0. The lowest BCUT2D eigenvalue weighted by Crippen LogP contribution is -2.22. The molecular weight excluding hydrogens is 350 g/mol. The minimum absolute atomic E-state index is 0.638. The monoisotopic (exact) mass is 377 g/mol. The van der Waals surface area contributed by atoms with Gasteiger partial charge in [-0.25, -0.2) is 4.98 Å². The Labute approximate surface area is 165 Å². The van der Waals surface area contributed by atoms with E-state index in [4.69, 9.17) is 4.98 Å². The van der Waals surface area contributed by atoms with Crippen molar-refractivity contribution in [1.82, 2.24) is 9.97 Å². The Hall–Kier alpha value is -2.20. The zero-order valence-corrected chi connectivity index (χ0v) is 16.8. The summed E-state index contributed by atoms with van der Waals surface area (Å²) in [4.78, 5) is 9.31. The topological polar surface area (TPSA) is 37.8 Å². The number of pyridine rings is 1. The van der Waals surface area contributed by atoms with E-state index in [1.54, 1.807) is 11.3 Å². The molecule has 3 aromatic rings. The third-order valence-electron chi connectivity index (χ3n) is 5.23. The van der Waals surface area contributed by atoms with Crippen LogP contribution in [-0.2, 0) is 6.42 Å². The number of hydrogen-bond donors (Lipinski definition) is 1. The Morgan fingerprint density at radius 1 is 1.04 bits per heavy atom. The largest absolute Gasteiger partial charge is 0.382 e. The van der Waals surface area contributed by atoms with Crippen LogP contribution in [0.4, 0.5) is 5.69 Å². The smallest absolute Gasteiger partial charge is 0.124 e. The first-order valence-corrected chi connectivity index (χ1v) is 11.0. The molecule has 1 aromatic carbocycles. The molecule has 0 spiro atoms. The predicted molar refractivity (Wildman–Crippen MR) is 115 cm³/mol. The highest BCUT2D eigenvalue weighted by atomic mass is 32.1. The van der Waals surface area contributed by atoms with Crippen LogP contribution >= 0.6 is 11.3 Å². The van der Waals surface area contributed by atoms with Gasteiger partial charge in [0.2, 0.25) is 0 Å². The third-order valence-corrected chi connectivity index (χ3v) is 6.12. The molecule has 0 atom stereocenters. The molecule has 27 heavy (non-hydrogen) atoms. The van der Waals surface area contributed by atoms with Gasteiger partial charge in [0, 0.05) is 40.1 Å². The maximum Gasteiger partial charge on any atom is 0.124 e. The first-order valence-electron chi connectivity index (χ1n) is 10.1.